The fraction of sp³-hybridized carbons (Fsp3) is 0.400. The van der Waals surface area contributed by atoms with Gasteiger partial charge in [-0.05, 0) is 42.8 Å². The Balaban J connectivity index is 1.77. The molecular formula is C15H16F2N4OS. The SMILES string of the molecule is O=C(c1cccnc1SC(F)F)N1CCCC(n2cccn2)C1. The maximum atomic E-state index is 12.7. The van der Waals surface area contributed by atoms with Gasteiger partial charge in [-0.25, -0.2) is 4.98 Å². The highest BCUT2D eigenvalue weighted by atomic mass is 32.2. The van der Waals surface area contributed by atoms with E-state index < -0.39 is 5.76 Å². The Morgan fingerprint density at radius 3 is 2.96 bits per heavy atom. The summed E-state index contributed by atoms with van der Waals surface area (Å²) in [4.78, 5) is 18.3. The molecule has 0 radical (unpaired) electrons. The van der Waals surface area contributed by atoms with Gasteiger partial charge in [0.25, 0.3) is 11.7 Å². The zero-order chi connectivity index (χ0) is 16.2. The average molecular weight is 338 g/mol. The van der Waals surface area contributed by atoms with Crippen LogP contribution in [0.2, 0.25) is 0 Å². The molecule has 1 saturated heterocycles. The van der Waals surface area contributed by atoms with E-state index in [-0.39, 0.29) is 22.5 Å². The second-order valence-electron chi connectivity index (χ2n) is 5.27. The Bertz CT molecular complexity index is 665. The number of carbonyl (C=O) groups is 1. The Labute approximate surface area is 136 Å². The highest BCUT2D eigenvalue weighted by Crippen LogP contribution is 2.29. The van der Waals surface area contributed by atoms with Crippen LogP contribution in [0.4, 0.5) is 8.78 Å². The van der Waals surface area contributed by atoms with Gasteiger partial charge in [0, 0.05) is 31.7 Å². The number of rotatable bonds is 4. The predicted molar refractivity (Wildman–Crippen MR) is 82.5 cm³/mol. The maximum absolute atomic E-state index is 12.7. The molecule has 1 amide bonds. The van der Waals surface area contributed by atoms with Crippen LogP contribution in [-0.2, 0) is 0 Å². The monoisotopic (exact) mass is 338 g/mol. The lowest BCUT2D eigenvalue weighted by molar-refractivity contribution is 0.0668. The van der Waals surface area contributed by atoms with Crippen LogP contribution in [0, 0.1) is 0 Å². The normalized spacial score (nSPS) is 18.4. The smallest absolute Gasteiger partial charge is 0.290 e. The number of pyridine rings is 1. The van der Waals surface area contributed by atoms with Crippen LogP contribution in [0.3, 0.4) is 0 Å². The van der Waals surface area contributed by atoms with Gasteiger partial charge < -0.3 is 4.90 Å². The molecule has 1 unspecified atom stereocenters. The summed E-state index contributed by atoms with van der Waals surface area (Å²) in [6.45, 7) is 1.14. The summed E-state index contributed by atoms with van der Waals surface area (Å²) in [5, 5.41) is 4.30. The largest absolute Gasteiger partial charge is 0.336 e. The van der Waals surface area contributed by atoms with Crippen molar-refractivity contribution in [3.8, 4) is 0 Å². The second-order valence-corrected chi connectivity index (χ2v) is 6.25. The van der Waals surface area contributed by atoms with Crippen molar-refractivity contribution in [2.45, 2.75) is 29.7 Å². The number of piperidine rings is 1. The lowest BCUT2D eigenvalue weighted by Crippen LogP contribution is -2.41. The summed E-state index contributed by atoms with van der Waals surface area (Å²) < 4.78 is 27.1. The fourth-order valence-corrected chi connectivity index (χ4v) is 3.33. The van der Waals surface area contributed by atoms with E-state index in [0.717, 1.165) is 12.8 Å². The van der Waals surface area contributed by atoms with Crippen molar-refractivity contribution in [3.05, 3.63) is 42.4 Å². The van der Waals surface area contributed by atoms with Crippen LogP contribution in [0.25, 0.3) is 0 Å². The van der Waals surface area contributed by atoms with Crippen molar-refractivity contribution in [2.75, 3.05) is 13.1 Å². The summed E-state index contributed by atoms with van der Waals surface area (Å²) >= 11 is 0.306. The van der Waals surface area contributed by atoms with E-state index in [0.29, 0.717) is 24.9 Å². The van der Waals surface area contributed by atoms with Crippen LogP contribution in [0.15, 0.2) is 41.8 Å². The maximum Gasteiger partial charge on any atom is 0.290 e. The molecule has 8 heteroatoms. The minimum absolute atomic E-state index is 0.0775. The Hall–Kier alpha value is -1.96. The number of nitrogens with zero attached hydrogens (tertiary/aromatic N) is 4. The van der Waals surface area contributed by atoms with Gasteiger partial charge >= 0.3 is 0 Å². The Morgan fingerprint density at radius 1 is 1.35 bits per heavy atom. The van der Waals surface area contributed by atoms with Crippen molar-refractivity contribution < 1.29 is 13.6 Å². The van der Waals surface area contributed by atoms with Crippen LogP contribution >= 0.6 is 11.8 Å². The Morgan fingerprint density at radius 2 is 2.22 bits per heavy atom. The molecule has 2 aromatic rings. The van der Waals surface area contributed by atoms with Gasteiger partial charge in [0.05, 0.1) is 11.6 Å². The zero-order valence-electron chi connectivity index (χ0n) is 12.3. The van der Waals surface area contributed by atoms with E-state index in [9.17, 15) is 13.6 Å². The number of thioether (sulfide) groups is 1. The molecule has 2 aromatic heterocycles. The summed E-state index contributed by atoms with van der Waals surface area (Å²) in [6, 6.07) is 5.11. The van der Waals surface area contributed by atoms with E-state index in [2.05, 4.69) is 10.1 Å². The van der Waals surface area contributed by atoms with Crippen molar-refractivity contribution in [2.24, 2.45) is 0 Å². The molecule has 3 heterocycles. The molecule has 3 rings (SSSR count). The molecule has 0 N–H and O–H groups in total. The number of amides is 1. The topological polar surface area (TPSA) is 51.0 Å². The second kappa shape index (κ2) is 7.08. The van der Waals surface area contributed by atoms with Gasteiger partial charge in [-0.3, -0.25) is 9.48 Å². The Kier molecular flexibility index (Phi) is 4.90. The molecular weight excluding hydrogens is 322 g/mol. The number of likely N-dealkylation sites (tertiary alicyclic amines) is 1. The molecule has 23 heavy (non-hydrogen) atoms. The van der Waals surface area contributed by atoms with Crippen LogP contribution in [0.1, 0.15) is 29.2 Å². The lowest BCUT2D eigenvalue weighted by atomic mass is 10.0. The molecule has 1 atom stereocenters. The fourth-order valence-electron chi connectivity index (χ4n) is 2.75. The van der Waals surface area contributed by atoms with E-state index in [4.69, 9.17) is 0 Å². The number of hydrogen-bond acceptors (Lipinski definition) is 4. The third kappa shape index (κ3) is 3.69. The van der Waals surface area contributed by atoms with Crippen LogP contribution in [-0.4, -0.2) is 44.4 Å². The van der Waals surface area contributed by atoms with Crippen molar-refractivity contribution >= 4 is 17.7 Å². The molecule has 1 fully saturated rings. The minimum Gasteiger partial charge on any atom is -0.336 e. The first-order valence-corrected chi connectivity index (χ1v) is 8.21. The van der Waals surface area contributed by atoms with Gasteiger partial charge in [-0.15, -0.1) is 0 Å². The molecule has 1 aliphatic rings. The van der Waals surface area contributed by atoms with E-state index in [1.807, 2.05) is 16.9 Å². The van der Waals surface area contributed by atoms with Crippen LogP contribution < -0.4 is 0 Å². The van der Waals surface area contributed by atoms with Gasteiger partial charge in [0.2, 0.25) is 0 Å². The number of aromatic nitrogens is 3. The van der Waals surface area contributed by atoms with E-state index >= 15 is 0 Å². The summed E-state index contributed by atoms with van der Waals surface area (Å²) in [5.74, 6) is -2.85. The first kappa shape index (κ1) is 15.9. The molecule has 0 aliphatic carbocycles. The third-order valence-corrected chi connectivity index (χ3v) is 4.51. The highest BCUT2D eigenvalue weighted by molar-refractivity contribution is 7.99. The molecule has 1 aliphatic heterocycles. The van der Waals surface area contributed by atoms with Crippen molar-refractivity contribution in [1.82, 2.24) is 19.7 Å². The molecule has 122 valence electrons. The number of carbonyl (C=O) groups excluding carboxylic acids is 1. The number of hydrogen-bond donors (Lipinski definition) is 0. The third-order valence-electron chi connectivity index (χ3n) is 3.78. The zero-order valence-corrected chi connectivity index (χ0v) is 13.1. The van der Waals surface area contributed by atoms with Crippen molar-refractivity contribution in [3.63, 3.8) is 0 Å². The molecule has 0 spiro atoms. The van der Waals surface area contributed by atoms with E-state index in [1.165, 1.54) is 6.20 Å². The summed E-state index contributed by atoms with van der Waals surface area (Å²) in [7, 11) is 0. The van der Waals surface area contributed by atoms with Gasteiger partial charge in [-0.1, -0.05) is 0 Å². The molecule has 0 aromatic carbocycles. The number of halogens is 2. The predicted octanol–water partition coefficient (Wildman–Crippen LogP) is 3.07. The summed E-state index contributed by atoms with van der Waals surface area (Å²) in [6.07, 6.45) is 6.80. The lowest BCUT2D eigenvalue weighted by Gasteiger charge is -2.33. The molecule has 0 bridgehead atoms. The molecule has 5 nitrogen and oxygen atoms in total. The van der Waals surface area contributed by atoms with Gasteiger partial charge in [0.1, 0.15) is 5.03 Å². The molecule has 0 saturated carbocycles. The first-order chi connectivity index (χ1) is 11.1. The minimum atomic E-state index is -2.60. The summed E-state index contributed by atoms with van der Waals surface area (Å²) in [5.41, 5.74) is 0.235. The number of alkyl halides is 2. The highest BCUT2D eigenvalue weighted by Gasteiger charge is 2.27. The first-order valence-electron chi connectivity index (χ1n) is 7.33. The van der Waals surface area contributed by atoms with Gasteiger partial charge in [-0.2, -0.15) is 13.9 Å². The van der Waals surface area contributed by atoms with Crippen LogP contribution in [0.5, 0.6) is 0 Å². The average Bonchev–Trinajstić information content (AvgIpc) is 3.09. The van der Waals surface area contributed by atoms with Crippen molar-refractivity contribution in [1.29, 1.82) is 0 Å². The van der Waals surface area contributed by atoms with E-state index in [1.54, 1.807) is 23.2 Å². The quantitative estimate of drug-likeness (QED) is 0.804. The van der Waals surface area contributed by atoms with Gasteiger partial charge in [0.15, 0.2) is 0 Å². The standard InChI is InChI=1S/C15H16F2N4OS/c16-15(17)23-13-12(5-1-6-18-13)14(22)20-8-2-4-11(10-20)21-9-3-7-19-21/h1,3,5-7,9,11,15H,2,4,8,10H2.